The van der Waals surface area contributed by atoms with Crippen LogP contribution in [0.25, 0.3) is 82.4 Å². The van der Waals surface area contributed by atoms with Crippen molar-refractivity contribution in [3.05, 3.63) is 248 Å². The second-order valence-corrected chi connectivity index (χ2v) is 17.0. The van der Waals surface area contributed by atoms with Crippen molar-refractivity contribution in [1.82, 2.24) is 0 Å². The molecule has 2 nitrogen and oxygen atoms in total. The summed E-state index contributed by atoms with van der Waals surface area (Å²) in [6.45, 7) is 0. The largest absolute Gasteiger partial charge is 0.455 e. The van der Waals surface area contributed by atoms with E-state index < -0.39 is 0 Å². The Morgan fingerprint density at radius 3 is 1.83 bits per heavy atom. The molecule has 9 aromatic carbocycles. The van der Waals surface area contributed by atoms with E-state index in [1.165, 1.54) is 49.4 Å². The van der Waals surface area contributed by atoms with Gasteiger partial charge in [0.15, 0.2) is 0 Å². The second-order valence-electron chi connectivity index (χ2n) is 17.0. The molecule has 1 aromatic heterocycles. The molecule has 0 amide bonds. The predicted molar refractivity (Wildman–Crippen MR) is 271 cm³/mol. The highest BCUT2D eigenvalue weighted by Crippen LogP contribution is 2.47. The lowest BCUT2D eigenvalue weighted by Gasteiger charge is -2.36. The molecule has 0 saturated carbocycles. The van der Waals surface area contributed by atoms with Crippen LogP contribution in [-0.2, 0) is 0 Å². The highest BCUT2D eigenvalue weighted by Gasteiger charge is 2.27. The van der Waals surface area contributed by atoms with Crippen molar-refractivity contribution in [1.29, 1.82) is 0 Å². The number of rotatable bonds is 8. The zero-order chi connectivity index (χ0) is 42.4. The molecule has 0 saturated heterocycles. The number of allylic oxidation sites excluding steroid dienone is 6. The fourth-order valence-corrected chi connectivity index (χ4v) is 10.4. The number of anilines is 2. The van der Waals surface area contributed by atoms with Gasteiger partial charge in [0, 0.05) is 44.8 Å². The zero-order valence-electron chi connectivity index (χ0n) is 35.4. The summed E-state index contributed by atoms with van der Waals surface area (Å²) in [5, 5.41) is 7.32. The number of benzene rings is 9. The maximum absolute atomic E-state index is 7.04. The Kier molecular flexibility index (Phi) is 9.49. The first-order valence-corrected chi connectivity index (χ1v) is 22.5. The van der Waals surface area contributed by atoms with E-state index in [1.807, 2.05) is 0 Å². The molecule has 0 aliphatic heterocycles. The number of fused-ring (bicyclic) bond motifs is 5. The van der Waals surface area contributed by atoms with E-state index in [2.05, 4.69) is 242 Å². The summed E-state index contributed by atoms with van der Waals surface area (Å²) in [6.07, 6.45) is 17.6. The van der Waals surface area contributed by atoms with Gasteiger partial charge in [-0.05, 0) is 86.0 Å². The van der Waals surface area contributed by atoms with Crippen LogP contribution in [0.2, 0.25) is 0 Å². The molecule has 0 fully saturated rings. The molecular weight excluding hydrogens is 775 g/mol. The molecule has 2 heteroatoms. The van der Waals surface area contributed by atoms with E-state index >= 15 is 0 Å². The second kappa shape index (κ2) is 16.1. The Labute approximate surface area is 374 Å². The van der Waals surface area contributed by atoms with E-state index in [1.54, 1.807) is 0 Å². The Hall–Kier alpha value is -7.94. The average Bonchev–Trinajstić information content (AvgIpc) is 3.76. The summed E-state index contributed by atoms with van der Waals surface area (Å²) in [4.78, 5) is 2.58. The Morgan fingerprint density at radius 2 is 1.03 bits per heavy atom. The molecule has 2 aliphatic carbocycles. The Bertz CT molecular complexity index is 3530. The molecule has 0 spiro atoms. The van der Waals surface area contributed by atoms with Gasteiger partial charge in [-0.2, -0.15) is 0 Å². The van der Waals surface area contributed by atoms with Crippen LogP contribution in [0.5, 0.6) is 0 Å². The lowest BCUT2D eigenvalue weighted by Crippen LogP contribution is -2.31. The fraction of sp³-hybridized carbons (Fsp3) is 0.0645. The van der Waals surface area contributed by atoms with Crippen molar-refractivity contribution in [2.75, 3.05) is 4.90 Å². The molecule has 12 rings (SSSR count). The van der Waals surface area contributed by atoms with Crippen molar-refractivity contribution in [3.8, 4) is 33.4 Å². The van der Waals surface area contributed by atoms with Gasteiger partial charge in [-0.25, -0.2) is 0 Å². The SMILES string of the molecule is C1=CCC(c2cccc3c2oc2c(-c4ccccc4-c4ccccc4N(c4cccc(-c5cccc6ccccc56)c4)C4C=CC=C(c5cccc6ccccc56)C4)cccc23)C=C1. The third-order valence-corrected chi connectivity index (χ3v) is 13.4. The van der Waals surface area contributed by atoms with Gasteiger partial charge < -0.3 is 9.32 Å². The van der Waals surface area contributed by atoms with Gasteiger partial charge in [0.1, 0.15) is 11.2 Å². The molecule has 304 valence electrons. The van der Waals surface area contributed by atoms with Crippen LogP contribution in [0.4, 0.5) is 11.4 Å². The molecule has 2 atom stereocenters. The fourth-order valence-electron chi connectivity index (χ4n) is 10.4. The minimum atomic E-state index is 0.0240. The van der Waals surface area contributed by atoms with Crippen LogP contribution >= 0.6 is 0 Å². The minimum absolute atomic E-state index is 0.0240. The maximum atomic E-state index is 7.04. The highest BCUT2D eigenvalue weighted by atomic mass is 16.3. The zero-order valence-corrected chi connectivity index (χ0v) is 35.4. The van der Waals surface area contributed by atoms with E-state index in [4.69, 9.17) is 4.42 Å². The summed E-state index contributed by atoms with van der Waals surface area (Å²) in [7, 11) is 0. The lowest BCUT2D eigenvalue weighted by molar-refractivity contribution is 0.658. The van der Waals surface area contributed by atoms with Gasteiger partial charge in [0.25, 0.3) is 0 Å². The summed E-state index contributed by atoms with van der Waals surface area (Å²) in [6, 6.07) is 71.0. The van der Waals surface area contributed by atoms with Gasteiger partial charge in [-0.3, -0.25) is 0 Å². The van der Waals surface area contributed by atoms with Crippen LogP contribution in [0.1, 0.15) is 29.9 Å². The number of nitrogens with zero attached hydrogens (tertiary/aromatic N) is 1. The molecule has 1 heterocycles. The maximum Gasteiger partial charge on any atom is 0.143 e. The smallest absolute Gasteiger partial charge is 0.143 e. The van der Waals surface area contributed by atoms with E-state index in [0.717, 1.165) is 68.4 Å². The van der Waals surface area contributed by atoms with Gasteiger partial charge in [-0.1, -0.05) is 218 Å². The number of para-hydroxylation sites is 3. The summed E-state index contributed by atoms with van der Waals surface area (Å²) in [5.41, 5.74) is 15.0. The Morgan fingerprint density at radius 1 is 0.438 bits per heavy atom. The molecular formula is C62H45NO. The van der Waals surface area contributed by atoms with E-state index in [0.29, 0.717) is 0 Å². The first-order chi connectivity index (χ1) is 31.8. The first-order valence-electron chi connectivity index (χ1n) is 22.5. The summed E-state index contributed by atoms with van der Waals surface area (Å²) in [5.74, 6) is 0.284. The van der Waals surface area contributed by atoms with Crippen LogP contribution in [0.15, 0.2) is 241 Å². The molecule has 2 unspecified atom stereocenters. The molecule has 64 heavy (non-hydrogen) atoms. The van der Waals surface area contributed by atoms with Crippen LogP contribution < -0.4 is 4.90 Å². The van der Waals surface area contributed by atoms with Crippen molar-refractivity contribution in [2.24, 2.45) is 0 Å². The molecule has 2 aliphatic rings. The van der Waals surface area contributed by atoms with Crippen molar-refractivity contribution < 1.29 is 4.42 Å². The van der Waals surface area contributed by atoms with Crippen LogP contribution in [-0.4, -0.2) is 6.04 Å². The van der Waals surface area contributed by atoms with Gasteiger partial charge in [0.05, 0.1) is 6.04 Å². The Balaban J connectivity index is 1.03. The first kappa shape index (κ1) is 37.8. The monoisotopic (exact) mass is 819 g/mol. The van der Waals surface area contributed by atoms with Crippen molar-refractivity contribution >= 4 is 60.4 Å². The number of furan rings is 1. The van der Waals surface area contributed by atoms with Gasteiger partial charge in [-0.15, -0.1) is 0 Å². The topological polar surface area (TPSA) is 16.4 Å². The van der Waals surface area contributed by atoms with Crippen molar-refractivity contribution in [2.45, 2.75) is 24.8 Å². The lowest BCUT2D eigenvalue weighted by atomic mass is 9.88. The van der Waals surface area contributed by atoms with Crippen molar-refractivity contribution in [3.63, 3.8) is 0 Å². The third kappa shape index (κ3) is 6.58. The quantitative estimate of drug-likeness (QED) is 0.152. The normalized spacial score (nSPS) is 15.9. The highest BCUT2D eigenvalue weighted by molar-refractivity contribution is 6.12. The van der Waals surface area contributed by atoms with E-state index in [-0.39, 0.29) is 12.0 Å². The summed E-state index contributed by atoms with van der Waals surface area (Å²) < 4.78 is 7.04. The predicted octanol–water partition coefficient (Wildman–Crippen LogP) is 17.0. The third-order valence-electron chi connectivity index (χ3n) is 13.4. The molecule has 0 radical (unpaired) electrons. The minimum Gasteiger partial charge on any atom is -0.455 e. The molecule has 10 aromatic rings. The number of hydrogen-bond acceptors (Lipinski definition) is 2. The average molecular weight is 820 g/mol. The van der Waals surface area contributed by atoms with Gasteiger partial charge >= 0.3 is 0 Å². The van der Waals surface area contributed by atoms with E-state index in [9.17, 15) is 0 Å². The summed E-state index contributed by atoms with van der Waals surface area (Å²) >= 11 is 0. The molecule has 0 bridgehead atoms. The van der Waals surface area contributed by atoms with Crippen LogP contribution in [0, 0.1) is 0 Å². The van der Waals surface area contributed by atoms with Gasteiger partial charge in [0.2, 0.25) is 0 Å². The van der Waals surface area contributed by atoms with Crippen LogP contribution in [0.3, 0.4) is 0 Å². The number of hydrogen-bond donors (Lipinski definition) is 0. The molecule has 0 N–H and O–H groups in total. The standard InChI is InChI=1S/C62H45NO/c1-2-18-44(19-3-1)53-35-16-37-58-59-38-17-36-57(62(59)64-61(53)58)55-31-9-8-30-54(55)56-32-10-11-39-60(56)63(47-26-12-24-45(40-47)51-33-14-22-42-20-4-6-28-49(42)51)48-27-13-25-46(41-48)52-34-15-23-43-21-5-7-29-50(43)52/h1-18,20-40,44,48H,19,41H2.